The molecule has 0 aliphatic carbocycles. The van der Waals surface area contributed by atoms with Gasteiger partial charge in [0, 0.05) is 20.8 Å². The second-order valence-electron chi connectivity index (χ2n) is 5.07. The predicted octanol–water partition coefficient (Wildman–Crippen LogP) is 4.43. The molecule has 0 saturated heterocycles. The van der Waals surface area contributed by atoms with E-state index in [1.54, 1.807) is 0 Å². The quantitative estimate of drug-likeness (QED) is 0.657. The van der Waals surface area contributed by atoms with Crippen LogP contribution in [0, 0.1) is 6.92 Å². The maximum absolute atomic E-state index is 11.9. The maximum atomic E-state index is 11.9. The lowest BCUT2D eigenvalue weighted by Gasteiger charge is -2.07. The van der Waals surface area contributed by atoms with E-state index < -0.39 is 0 Å². The Hall–Kier alpha value is -1.81. The number of esters is 1. The largest absolute Gasteiger partial charge is 0.465 e. The minimum Gasteiger partial charge on any atom is -0.465 e. The second kappa shape index (κ2) is 5.53. The summed E-state index contributed by atoms with van der Waals surface area (Å²) in [5.74, 6) is -0.210. The Morgan fingerprint density at radius 3 is 2.52 bits per heavy atom. The average Bonchev–Trinajstić information content (AvgIpc) is 2.72. The van der Waals surface area contributed by atoms with Gasteiger partial charge in [-0.3, -0.25) is 4.79 Å². The standard InChI is InChI=1S/C17H16BrNO2/c1-3-21-17(20)10-19-15-8-11(2)4-6-13(15)14-7-5-12(18)9-16(14)19/h4-9H,3,10H2,1-2H3. The van der Waals surface area contributed by atoms with Crippen LogP contribution in [0.25, 0.3) is 21.8 Å². The summed E-state index contributed by atoms with van der Waals surface area (Å²) in [7, 11) is 0. The molecule has 0 saturated carbocycles. The van der Waals surface area contributed by atoms with E-state index in [-0.39, 0.29) is 12.5 Å². The van der Waals surface area contributed by atoms with Gasteiger partial charge >= 0.3 is 5.97 Å². The summed E-state index contributed by atoms with van der Waals surface area (Å²) < 4.78 is 8.13. The summed E-state index contributed by atoms with van der Waals surface area (Å²) in [6.45, 7) is 4.51. The van der Waals surface area contributed by atoms with E-state index in [0.29, 0.717) is 6.61 Å². The highest BCUT2D eigenvalue weighted by molar-refractivity contribution is 9.10. The third-order valence-corrected chi connectivity index (χ3v) is 4.07. The van der Waals surface area contributed by atoms with Crippen LogP contribution in [-0.2, 0) is 16.1 Å². The highest BCUT2D eigenvalue weighted by atomic mass is 79.9. The Morgan fingerprint density at radius 2 is 1.81 bits per heavy atom. The SMILES string of the molecule is CCOC(=O)Cn1c2cc(C)ccc2c2ccc(Br)cc21. The first-order chi connectivity index (χ1) is 10.1. The molecule has 4 heteroatoms. The molecular formula is C17H16BrNO2. The van der Waals surface area contributed by atoms with Gasteiger partial charge in [0.25, 0.3) is 0 Å². The topological polar surface area (TPSA) is 31.2 Å². The number of ether oxygens (including phenoxy) is 1. The Bertz CT molecular complexity index is 776. The molecule has 0 unspecified atom stereocenters. The highest BCUT2D eigenvalue weighted by Gasteiger charge is 2.14. The van der Waals surface area contributed by atoms with Crippen LogP contribution in [0.1, 0.15) is 12.5 Å². The zero-order chi connectivity index (χ0) is 15.0. The number of carbonyl (C=O) groups excluding carboxylic acids is 1. The monoisotopic (exact) mass is 345 g/mol. The van der Waals surface area contributed by atoms with Crippen LogP contribution in [0.4, 0.5) is 0 Å². The first-order valence-electron chi connectivity index (χ1n) is 6.94. The van der Waals surface area contributed by atoms with E-state index in [0.717, 1.165) is 26.3 Å². The number of rotatable bonds is 3. The molecule has 3 aromatic rings. The van der Waals surface area contributed by atoms with Crippen molar-refractivity contribution in [2.75, 3.05) is 6.61 Å². The van der Waals surface area contributed by atoms with Crippen molar-refractivity contribution in [2.24, 2.45) is 0 Å². The molecule has 0 bridgehead atoms. The molecule has 0 aliphatic rings. The van der Waals surface area contributed by atoms with Gasteiger partial charge in [-0.15, -0.1) is 0 Å². The molecule has 0 radical (unpaired) electrons. The maximum Gasteiger partial charge on any atom is 0.325 e. The molecule has 0 aliphatic heterocycles. The van der Waals surface area contributed by atoms with Crippen molar-refractivity contribution in [3.05, 3.63) is 46.4 Å². The lowest BCUT2D eigenvalue weighted by Crippen LogP contribution is -2.13. The van der Waals surface area contributed by atoms with Gasteiger partial charge in [-0.1, -0.05) is 34.1 Å². The minimum absolute atomic E-state index is 0.210. The number of halogens is 1. The molecule has 3 nitrogen and oxygen atoms in total. The van der Waals surface area contributed by atoms with Crippen LogP contribution in [0.2, 0.25) is 0 Å². The third kappa shape index (κ3) is 2.56. The summed E-state index contributed by atoms with van der Waals surface area (Å²) in [6, 6.07) is 12.5. The lowest BCUT2D eigenvalue weighted by molar-refractivity contribution is -0.143. The van der Waals surface area contributed by atoms with Crippen molar-refractivity contribution >= 4 is 43.7 Å². The van der Waals surface area contributed by atoms with Crippen LogP contribution < -0.4 is 0 Å². The van der Waals surface area contributed by atoms with Gasteiger partial charge in [-0.25, -0.2) is 0 Å². The average molecular weight is 346 g/mol. The summed E-state index contributed by atoms with van der Waals surface area (Å²) >= 11 is 3.51. The Kier molecular flexibility index (Phi) is 3.72. The zero-order valence-corrected chi connectivity index (χ0v) is 13.6. The normalized spacial score (nSPS) is 11.2. The van der Waals surface area contributed by atoms with Gasteiger partial charge in [0.15, 0.2) is 0 Å². The van der Waals surface area contributed by atoms with Gasteiger partial charge in [0.05, 0.1) is 12.1 Å². The number of aryl methyl sites for hydroxylation is 1. The Labute approximate surface area is 131 Å². The fraction of sp³-hybridized carbons (Fsp3) is 0.235. The molecule has 1 aromatic heterocycles. The number of hydrogen-bond donors (Lipinski definition) is 0. The first-order valence-corrected chi connectivity index (χ1v) is 7.73. The molecule has 21 heavy (non-hydrogen) atoms. The summed E-state index contributed by atoms with van der Waals surface area (Å²) in [5, 5.41) is 2.31. The molecule has 0 amide bonds. The summed E-state index contributed by atoms with van der Waals surface area (Å²) in [5.41, 5.74) is 3.28. The van der Waals surface area contributed by atoms with Crippen LogP contribution in [0.15, 0.2) is 40.9 Å². The molecule has 0 atom stereocenters. The number of fused-ring (bicyclic) bond motifs is 3. The van der Waals surface area contributed by atoms with Crippen molar-refractivity contribution in [1.29, 1.82) is 0 Å². The number of aromatic nitrogens is 1. The number of carbonyl (C=O) groups is 1. The van der Waals surface area contributed by atoms with Gasteiger partial charge in [-0.2, -0.15) is 0 Å². The molecular weight excluding hydrogens is 330 g/mol. The first kappa shape index (κ1) is 14.1. The molecule has 0 N–H and O–H groups in total. The van der Waals surface area contributed by atoms with Crippen molar-refractivity contribution in [3.63, 3.8) is 0 Å². The zero-order valence-electron chi connectivity index (χ0n) is 12.0. The molecule has 108 valence electrons. The van der Waals surface area contributed by atoms with E-state index in [1.165, 1.54) is 5.56 Å². The van der Waals surface area contributed by atoms with Gasteiger partial charge in [-0.05, 0) is 37.6 Å². The van der Waals surface area contributed by atoms with Crippen molar-refractivity contribution in [2.45, 2.75) is 20.4 Å². The number of benzene rings is 2. The van der Waals surface area contributed by atoms with Gasteiger partial charge < -0.3 is 9.30 Å². The Morgan fingerprint density at radius 1 is 1.14 bits per heavy atom. The fourth-order valence-corrected chi connectivity index (χ4v) is 3.03. The van der Waals surface area contributed by atoms with Crippen LogP contribution in [0.5, 0.6) is 0 Å². The predicted molar refractivity (Wildman–Crippen MR) is 88.5 cm³/mol. The van der Waals surface area contributed by atoms with Crippen LogP contribution in [0.3, 0.4) is 0 Å². The molecule has 3 rings (SSSR count). The van der Waals surface area contributed by atoms with E-state index >= 15 is 0 Å². The van der Waals surface area contributed by atoms with Crippen molar-refractivity contribution in [1.82, 2.24) is 4.57 Å². The molecule has 0 spiro atoms. The van der Waals surface area contributed by atoms with Crippen LogP contribution in [-0.4, -0.2) is 17.1 Å². The van der Waals surface area contributed by atoms with E-state index in [9.17, 15) is 4.79 Å². The molecule has 0 fully saturated rings. The van der Waals surface area contributed by atoms with E-state index in [4.69, 9.17) is 4.74 Å². The molecule has 1 heterocycles. The molecule has 2 aromatic carbocycles. The van der Waals surface area contributed by atoms with Gasteiger partial charge in [0.1, 0.15) is 6.54 Å². The Balaban J connectivity index is 2.28. The number of hydrogen-bond acceptors (Lipinski definition) is 2. The van der Waals surface area contributed by atoms with E-state index in [1.807, 2.05) is 23.6 Å². The number of nitrogens with zero attached hydrogens (tertiary/aromatic N) is 1. The van der Waals surface area contributed by atoms with Crippen molar-refractivity contribution < 1.29 is 9.53 Å². The van der Waals surface area contributed by atoms with E-state index in [2.05, 4.69) is 47.1 Å². The third-order valence-electron chi connectivity index (χ3n) is 3.58. The summed E-state index contributed by atoms with van der Waals surface area (Å²) in [6.07, 6.45) is 0. The van der Waals surface area contributed by atoms with Crippen LogP contribution >= 0.6 is 15.9 Å². The van der Waals surface area contributed by atoms with Gasteiger partial charge in [0.2, 0.25) is 0 Å². The smallest absolute Gasteiger partial charge is 0.325 e. The summed E-state index contributed by atoms with van der Waals surface area (Å²) in [4.78, 5) is 11.9. The highest BCUT2D eigenvalue weighted by Crippen LogP contribution is 2.31. The van der Waals surface area contributed by atoms with Crippen molar-refractivity contribution in [3.8, 4) is 0 Å². The lowest BCUT2D eigenvalue weighted by atomic mass is 10.1. The second-order valence-corrected chi connectivity index (χ2v) is 5.99. The fourth-order valence-electron chi connectivity index (χ4n) is 2.68. The minimum atomic E-state index is -0.210.